The summed E-state index contributed by atoms with van der Waals surface area (Å²) in [6.07, 6.45) is 1.17. The summed E-state index contributed by atoms with van der Waals surface area (Å²) in [6, 6.07) is 1.37. The third kappa shape index (κ3) is 2.80. The minimum atomic E-state index is -0.511. The number of aromatic nitrogens is 3. The number of hydrogen-bond acceptors (Lipinski definition) is 7. The molecule has 0 radical (unpaired) electrons. The fourth-order valence-corrected chi connectivity index (χ4v) is 1.71. The van der Waals surface area contributed by atoms with Crippen molar-refractivity contribution in [2.24, 2.45) is 0 Å². The average Bonchev–Trinajstić information content (AvgIpc) is 2.73. The third-order valence-electron chi connectivity index (χ3n) is 2.01. The molecular weight excluding hydrogens is 306 g/mol. The van der Waals surface area contributed by atoms with E-state index in [0.29, 0.717) is 28.6 Å². The first kappa shape index (κ1) is 12.4. The van der Waals surface area contributed by atoms with Crippen molar-refractivity contribution in [3.8, 4) is 0 Å². The first-order chi connectivity index (χ1) is 8.56. The Morgan fingerprint density at radius 3 is 2.94 bits per heavy atom. The van der Waals surface area contributed by atoms with Crippen molar-refractivity contribution in [3.63, 3.8) is 0 Å². The van der Waals surface area contributed by atoms with E-state index in [1.165, 1.54) is 12.3 Å². The van der Waals surface area contributed by atoms with E-state index in [9.17, 15) is 10.1 Å². The Hall–Kier alpha value is -2.03. The largest absolute Gasteiger partial charge is 0.360 e. The Balaban J connectivity index is 2.08. The van der Waals surface area contributed by atoms with E-state index >= 15 is 0 Å². The minimum Gasteiger partial charge on any atom is -0.360 e. The maximum absolute atomic E-state index is 10.5. The number of nitrogens with zero attached hydrogens (tertiary/aromatic N) is 4. The highest BCUT2D eigenvalue weighted by atomic mass is 79.9. The molecule has 0 spiro atoms. The van der Waals surface area contributed by atoms with Gasteiger partial charge in [-0.25, -0.2) is 4.98 Å². The highest BCUT2D eigenvalue weighted by molar-refractivity contribution is 9.10. The first-order valence-corrected chi connectivity index (χ1v) is 5.68. The van der Waals surface area contributed by atoms with Gasteiger partial charge < -0.3 is 9.84 Å². The zero-order chi connectivity index (χ0) is 13.1. The molecule has 0 bridgehead atoms. The van der Waals surface area contributed by atoms with E-state index in [0.717, 1.165) is 0 Å². The van der Waals surface area contributed by atoms with Crippen LogP contribution in [0.5, 0.6) is 0 Å². The standard InChI is InChI=1S/C9H8BrN5O3/c1-5-13-8(18-14-5)4-12-9-7(10)2-6(3-11-9)15(16)17/h2-3H,4H2,1H3,(H,11,12). The molecule has 9 heteroatoms. The normalized spacial score (nSPS) is 10.3. The summed E-state index contributed by atoms with van der Waals surface area (Å²) < 4.78 is 5.41. The summed E-state index contributed by atoms with van der Waals surface area (Å²) in [7, 11) is 0. The molecule has 0 unspecified atom stereocenters. The van der Waals surface area contributed by atoms with Crippen LogP contribution in [0.25, 0.3) is 0 Å². The predicted molar refractivity (Wildman–Crippen MR) is 65.0 cm³/mol. The maximum atomic E-state index is 10.5. The number of hydrogen-bond donors (Lipinski definition) is 1. The van der Waals surface area contributed by atoms with Crippen LogP contribution in [0.15, 0.2) is 21.3 Å². The number of rotatable bonds is 4. The Morgan fingerprint density at radius 1 is 1.61 bits per heavy atom. The van der Waals surface area contributed by atoms with E-state index < -0.39 is 4.92 Å². The molecule has 0 saturated heterocycles. The number of aryl methyl sites for hydroxylation is 1. The van der Waals surface area contributed by atoms with Gasteiger partial charge in [-0.15, -0.1) is 0 Å². The Morgan fingerprint density at radius 2 is 2.39 bits per heavy atom. The zero-order valence-corrected chi connectivity index (χ0v) is 10.8. The van der Waals surface area contributed by atoms with Crippen molar-refractivity contribution in [2.45, 2.75) is 13.5 Å². The Bertz CT molecular complexity index is 585. The summed E-state index contributed by atoms with van der Waals surface area (Å²) >= 11 is 3.20. The van der Waals surface area contributed by atoms with E-state index in [2.05, 4.69) is 36.4 Å². The van der Waals surface area contributed by atoms with Crippen molar-refractivity contribution in [2.75, 3.05) is 5.32 Å². The van der Waals surface area contributed by atoms with Crippen LogP contribution in [0.2, 0.25) is 0 Å². The van der Waals surface area contributed by atoms with E-state index in [-0.39, 0.29) is 5.69 Å². The number of pyridine rings is 1. The van der Waals surface area contributed by atoms with Gasteiger partial charge in [0.2, 0.25) is 5.89 Å². The molecular formula is C9H8BrN5O3. The van der Waals surface area contributed by atoms with Crippen molar-refractivity contribution < 1.29 is 9.45 Å². The molecule has 0 aliphatic rings. The van der Waals surface area contributed by atoms with Gasteiger partial charge in [0.1, 0.15) is 12.0 Å². The molecule has 8 nitrogen and oxygen atoms in total. The summed E-state index contributed by atoms with van der Waals surface area (Å²) in [4.78, 5) is 18.0. The molecule has 0 aromatic carbocycles. The van der Waals surface area contributed by atoms with E-state index in [1.807, 2.05) is 0 Å². The van der Waals surface area contributed by atoms with Crippen LogP contribution < -0.4 is 5.32 Å². The Kier molecular flexibility index (Phi) is 3.51. The number of halogens is 1. The van der Waals surface area contributed by atoms with E-state index in [1.54, 1.807) is 6.92 Å². The lowest BCUT2D eigenvalue weighted by Gasteiger charge is -2.04. The monoisotopic (exact) mass is 313 g/mol. The molecule has 0 fully saturated rings. The second-order valence-electron chi connectivity index (χ2n) is 3.37. The molecule has 0 atom stereocenters. The molecule has 94 valence electrons. The molecule has 0 aliphatic carbocycles. The lowest BCUT2D eigenvalue weighted by Crippen LogP contribution is -2.03. The minimum absolute atomic E-state index is 0.0824. The van der Waals surface area contributed by atoms with Crippen molar-refractivity contribution in [1.29, 1.82) is 0 Å². The smallest absolute Gasteiger partial charge is 0.288 e. The topological polar surface area (TPSA) is 107 Å². The molecule has 2 heterocycles. The van der Waals surface area contributed by atoms with Gasteiger partial charge in [0.25, 0.3) is 5.69 Å². The highest BCUT2D eigenvalue weighted by Crippen LogP contribution is 2.24. The van der Waals surface area contributed by atoms with Gasteiger partial charge in [-0.1, -0.05) is 5.16 Å². The molecule has 18 heavy (non-hydrogen) atoms. The fourth-order valence-electron chi connectivity index (χ4n) is 1.23. The number of nitrogens with one attached hydrogen (secondary N) is 1. The van der Waals surface area contributed by atoms with Crippen LogP contribution in [0.3, 0.4) is 0 Å². The lowest BCUT2D eigenvalue weighted by atomic mass is 10.4. The molecule has 1 N–H and O–H groups in total. The molecule has 0 amide bonds. The molecule has 0 saturated carbocycles. The van der Waals surface area contributed by atoms with Crippen LogP contribution >= 0.6 is 15.9 Å². The van der Waals surface area contributed by atoms with Gasteiger partial charge in [0.05, 0.1) is 15.9 Å². The molecule has 2 rings (SSSR count). The number of anilines is 1. The van der Waals surface area contributed by atoms with Gasteiger partial charge >= 0.3 is 0 Å². The van der Waals surface area contributed by atoms with Gasteiger partial charge in [-0.3, -0.25) is 10.1 Å². The zero-order valence-electron chi connectivity index (χ0n) is 9.25. The molecule has 0 aliphatic heterocycles. The summed E-state index contributed by atoms with van der Waals surface area (Å²) in [6.45, 7) is 2.01. The average molecular weight is 314 g/mol. The predicted octanol–water partition coefficient (Wildman–Crippen LogP) is 2.06. The first-order valence-electron chi connectivity index (χ1n) is 4.89. The maximum Gasteiger partial charge on any atom is 0.288 e. The van der Waals surface area contributed by atoms with Gasteiger partial charge in [-0.05, 0) is 22.9 Å². The van der Waals surface area contributed by atoms with E-state index in [4.69, 9.17) is 4.52 Å². The van der Waals surface area contributed by atoms with Crippen LogP contribution in [-0.2, 0) is 6.54 Å². The van der Waals surface area contributed by atoms with Crippen LogP contribution in [0.1, 0.15) is 11.7 Å². The highest BCUT2D eigenvalue weighted by Gasteiger charge is 2.11. The Labute approximate surface area is 110 Å². The summed E-state index contributed by atoms with van der Waals surface area (Å²) in [5, 5.41) is 17.1. The summed E-state index contributed by atoms with van der Waals surface area (Å²) in [5.74, 6) is 1.43. The van der Waals surface area contributed by atoms with Crippen molar-refractivity contribution >= 4 is 27.4 Å². The van der Waals surface area contributed by atoms with Crippen LogP contribution in [0, 0.1) is 17.0 Å². The number of nitro groups is 1. The van der Waals surface area contributed by atoms with Crippen LogP contribution in [-0.4, -0.2) is 20.0 Å². The SMILES string of the molecule is Cc1noc(CNc2ncc([N+](=O)[O-])cc2Br)n1. The van der Waals surface area contributed by atoms with Gasteiger partial charge in [-0.2, -0.15) is 4.98 Å². The lowest BCUT2D eigenvalue weighted by molar-refractivity contribution is -0.385. The molecule has 2 aromatic rings. The van der Waals surface area contributed by atoms with Crippen LogP contribution in [0.4, 0.5) is 11.5 Å². The van der Waals surface area contributed by atoms with Crippen molar-refractivity contribution in [3.05, 3.63) is 38.6 Å². The second-order valence-corrected chi connectivity index (χ2v) is 4.22. The van der Waals surface area contributed by atoms with Gasteiger partial charge in [0, 0.05) is 6.07 Å². The third-order valence-corrected chi connectivity index (χ3v) is 2.62. The van der Waals surface area contributed by atoms with Crippen molar-refractivity contribution in [1.82, 2.24) is 15.1 Å². The molecule has 2 aromatic heterocycles. The van der Waals surface area contributed by atoms with Gasteiger partial charge in [0.15, 0.2) is 5.82 Å². The summed E-state index contributed by atoms with van der Waals surface area (Å²) in [5.41, 5.74) is -0.0824. The quantitative estimate of drug-likeness (QED) is 0.679. The second kappa shape index (κ2) is 5.08. The fraction of sp³-hybridized carbons (Fsp3) is 0.222.